The number of carbonyl (C=O) groups is 1. The van der Waals surface area contributed by atoms with Crippen molar-refractivity contribution in [3.8, 4) is 0 Å². The van der Waals surface area contributed by atoms with Crippen molar-refractivity contribution in [1.82, 2.24) is 24.8 Å². The summed E-state index contributed by atoms with van der Waals surface area (Å²) in [5.74, 6) is 0.877. The van der Waals surface area contributed by atoms with Crippen LogP contribution in [0.25, 0.3) is 0 Å². The van der Waals surface area contributed by atoms with Crippen LogP contribution in [0.2, 0.25) is 0 Å². The molecule has 26 heavy (non-hydrogen) atoms. The lowest BCUT2D eigenvalue weighted by atomic mass is 9.77. The summed E-state index contributed by atoms with van der Waals surface area (Å²) in [5, 5.41) is 7.95. The highest BCUT2D eigenvalue weighted by Gasteiger charge is 2.39. The van der Waals surface area contributed by atoms with Crippen molar-refractivity contribution in [3.05, 3.63) is 23.6 Å². The Morgan fingerprint density at radius 3 is 2.50 bits per heavy atom. The van der Waals surface area contributed by atoms with E-state index >= 15 is 0 Å². The monoisotopic (exact) mass is 381 g/mol. The first kappa shape index (κ1) is 18.7. The Labute approximate surface area is 152 Å². The molecule has 10 heteroatoms. The first-order valence-corrected chi connectivity index (χ1v) is 10.3. The van der Waals surface area contributed by atoms with E-state index < -0.39 is 15.3 Å². The molecule has 0 atom stereocenters. The van der Waals surface area contributed by atoms with Crippen LogP contribution in [0.4, 0.5) is 0 Å². The third kappa shape index (κ3) is 3.56. The summed E-state index contributed by atoms with van der Waals surface area (Å²) < 4.78 is 30.6. The molecule has 142 valence electrons. The van der Waals surface area contributed by atoms with Crippen molar-refractivity contribution in [2.75, 3.05) is 19.3 Å². The summed E-state index contributed by atoms with van der Waals surface area (Å²) in [7, 11) is -3.47. The Morgan fingerprint density at radius 2 is 2.00 bits per heavy atom. The lowest BCUT2D eigenvalue weighted by Crippen LogP contribution is -2.42. The highest BCUT2D eigenvalue weighted by Crippen LogP contribution is 2.38. The third-order valence-electron chi connectivity index (χ3n) is 4.90. The van der Waals surface area contributed by atoms with E-state index in [1.807, 2.05) is 6.92 Å². The van der Waals surface area contributed by atoms with Crippen molar-refractivity contribution in [1.29, 1.82) is 0 Å². The first-order chi connectivity index (χ1) is 12.1. The van der Waals surface area contributed by atoms with Gasteiger partial charge in [-0.25, -0.2) is 13.1 Å². The van der Waals surface area contributed by atoms with E-state index in [9.17, 15) is 13.2 Å². The van der Waals surface area contributed by atoms with Crippen LogP contribution in [0.15, 0.2) is 15.6 Å². The Balaban J connectivity index is 1.84. The highest BCUT2D eigenvalue weighted by molar-refractivity contribution is 7.90. The van der Waals surface area contributed by atoms with Gasteiger partial charge in [-0.3, -0.25) is 9.69 Å². The van der Waals surface area contributed by atoms with E-state index in [0.717, 1.165) is 19.3 Å². The van der Waals surface area contributed by atoms with E-state index in [4.69, 9.17) is 4.52 Å². The summed E-state index contributed by atoms with van der Waals surface area (Å²) >= 11 is 0. The second-order valence-electron chi connectivity index (χ2n) is 7.13. The summed E-state index contributed by atoms with van der Waals surface area (Å²) in [5.41, 5.74) is 0.0344. The van der Waals surface area contributed by atoms with Crippen LogP contribution in [0.5, 0.6) is 0 Å². The summed E-state index contributed by atoms with van der Waals surface area (Å²) in [6.07, 6.45) is 3.83. The molecule has 3 rings (SSSR count). The number of piperidine rings is 1. The number of likely N-dealkylation sites (tertiary alicyclic amines) is 1. The highest BCUT2D eigenvalue weighted by atomic mass is 32.2. The number of rotatable bonds is 4. The standard InChI is InChI=1S/C16H23N5O4S/c1-11-18-14(19-25-11)10-20-7-5-16(3,6-8-20)15-13(26(4,23)24)9-17-21(15)12(2)22/h9H,5-8,10H2,1-4H3. The topological polar surface area (TPSA) is 111 Å². The van der Waals surface area contributed by atoms with E-state index in [0.29, 0.717) is 36.8 Å². The quantitative estimate of drug-likeness (QED) is 0.776. The smallest absolute Gasteiger partial charge is 0.244 e. The van der Waals surface area contributed by atoms with Crippen molar-refractivity contribution in [3.63, 3.8) is 0 Å². The van der Waals surface area contributed by atoms with Gasteiger partial charge in [-0.15, -0.1) is 0 Å². The van der Waals surface area contributed by atoms with Gasteiger partial charge >= 0.3 is 0 Å². The molecule has 9 nitrogen and oxygen atoms in total. The fraction of sp³-hybridized carbons (Fsp3) is 0.625. The minimum absolute atomic E-state index is 0.137. The van der Waals surface area contributed by atoms with E-state index in [1.165, 1.54) is 17.8 Å². The second-order valence-corrected chi connectivity index (χ2v) is 9.11. The molecule has 0 bridgehead atoms. The average molecular weight is 381 g/mol. The molecule has 1 fully saturated rings. The number of aromatic nitrogens is 4. The number of carbonyl (C=O) groups excluding carboxylic acids is 1. The normalized spacial score (nSPS) is 18.2. The molecular formula is C16H23N5O4S. The fourth-order valence-corrected chi connectivity index (χ4v) is 4.37. The molecule has 0 N–H and O–H groups in total. The predicted octanol–water partition coefficient (Wildman–Crippen LogP) is 1.19. The largest absolute Gasteiger partial charge is 0.340 e. The Bertz CT molecular complexity index is 922. The fourth-order valence-electron chi connectivity index (χ4n) is 3.44. The molecule has 0 radical (unpaired) electrons. The molecule has 0 aromatic carbocycles. The zero-order chi connectivity index (χ0) is 19.1. The minimum Gasteiger partial charge on any atom is -0.340 e. The van der Waals surface area contributed by atoms with Gasteiger partial charge < -0.3 is 4.52 Å². The van der Waals surface area contributed by atoms with Gasteiger partial charge in [0.2, 0.25) is 11.8 Å². The maximum atomic E-state index is 12.2. The third-order valence-corrected chi connectivity index (χ3v) is 6.00. The summed E-state index contributed by atoms with van der Waals surface area (Å²) in [6, 6.07) is 0. The molecule has 1 saturated heterocycles. The van der Waals surface area contributed by atoms with Crippen LogP contribution in [0.1, 0.15) is 48.9 Å². The molecule has 2 aromatic rings. The zero-order valence-corrected chi connectivity index (χ0v) is 16.2. The molecule has 1 aliphatic rings. The van der Waals surface area contributed by atoms with Crippen molar-refractivity contribution >= 4 is 15.7 Å². The lowest BCUT2D eigenvalue weighted by Gasteiger charge is -2.39. The van der Waals surface area contributed by atoms with E-state index in [1.54, 1.807) is 6.92 Å². The van der Waals surface area contributed by atoms with Crippen LogP contribution in [0.3, 0.4) is 0 Å². The average Bonchev–Trinajstić information content (AvgIpc) is 3.16. The predicted molar refractivity (Wildman–Crippen MR) is 92.5 cm³/mol. The molecule has 0 unspecified atom stereocenters. The van der Waals surface area contributed by atoms with Gasteiger partial charge in [-0.2, -0.15) is 10.1 Å². The molecule has 3 heterocycles. The van der Waals surface area contributed by atoms with Gasteiger partial charge in [0.05, 0.1) is 18.4 Å². The number of aryl methyl sites for hydroxylation is 1. The maximum absolute atomic E-state index is 12.2. The van der Waals surface area contributed by atoms with Crippen LogP contribution in [0, 0.1) is 6.92 Å². The molecule has 0 aliphatic carbocycles. The Kier molecular flexibility index (Phi) is 4.74. The van der Waals surface area contributed by atoms with Gasteiger partial charge in [0.15, 0.2) is 15.7 Å². The van der Waals surface area contributed by atoms with E-state index in [-0.39, 0.29) is 10.8 Å². The molecule has 1 aliphatic heterocycles. The Hall–Kier alpha value is -2.07. The van der Waals surface area contributed by atoms with Gasteiger partial charge in [-0.1, -0.05) is 12.1 Å². The van der Waals surface area contributed by atoms with Gasteiger partial charge in [0.25, 0.3) is 0 Å². The first-order valence-electron chi connectivity index (χ1n) is 8.41. The van der Waals surface area contributed by atoms with Crippen LogP contribution < -0.4 is 0 Å². The van der Waals surface area contributed by atoms with Crippen LogP contribution >= 0.6 is 0 Å². The van der Waals surface area contributed by atoms with Gasteiger partial charge in [0.1, 0.15) is 4.90 Å². The van der Waals surface area contributed by atoms with Crippen LogP contribution in [-0.4, -0.2) is 58.5 Å². The minimum atomic E-state index is -3.47. The molecule has 0 saturated carbocycles. The number of hydrogen-bond donors (Lipinski definition) is 0. The molecule has 0 spiro atoms. The lowest BCUT2D eigenvalue weighted by molar-refractivity contribution is 0.0899. The second kappa shape index (κ2) is 6.58. The number of hydrogen-bond acceptors (Lipinski definition) is 8. The van der Waals surface area contributed by atoms with Crippen LogP contribution in [-0.2, 0) is 21.8 Å². The molecular weight excluding hydrogens is 358 g/mol. The SMILES string of the molecule is CC(=O)n1ncc(S(C)(=O)=O)c1C1(C)CCN(Cc2noc(C)n2)CC1. The summed E-state index contributed by atoms with van der Waals surface area (Å²) in [4.78, 5) is 18.5. The number of sulfone groups is 1. The Morgan fingerprint density at radius 1 is 1.35 bits per heavy atom. The van der Waals surface area contributed by atoms with Crippen molar-refractivity contribution < 1.29 is 17.7 Å². The van der Waals surface area contributed by atoms with Crippen molar-refractivity contribution in [2.45, 2.75) is 50.5 Å². The number of nitrogens with zero attached hydrogens (tertiary/aromatic N) is 5. The van der Waals surface area contributed by atoms with Crippen molar-refractivity contribution in [2.24, 2.45) is 0 Å². The van der Waals surface area contributed by atoms with Gasteiger partial charge in [0, 0.05) is 25.5 Å². The summed E-state index contributed by atoms with van der Waals surface area (Å²) in [6.45, 7) is 7.18. The van der Waals surface area contributed by atoms with E-state index in [2.05, 4.69) is 20.1 Å². The molecule has 2 aromatic heterocycles. The molecule has 0 amide bonds. The maximum Gasteiger partial charge on any atom is 0.244 e. The van der Waals surface area contributed by atoms with Gasteiger partial charge in [-0.05, 0) is 25.9 Å². The zero-order valence-electron chi connectivity index (χ0n) is 15.4.